The predicted octanol–water partition coefficient (Wildman–Crippen LogP) is 4.66. The van der Waals surface area contributed by atoms with Gasteiger partial charge in [-0.2, -0.15) is 18.3 Å². The number of benzene rings is 1. The summed E-state index contributed by atoms with van der Waals surface area (Å²) in [6, 6.07) is 6.62. The molecule has 0 unspecified atom stereocenters. The molecule has 0 aliphatic rings. The zero-order chi connectivity index (χ0) is 22.0. The molecular weight excluding hydrogens is 403 g/mol. The lowest BCUT2D eigenvalue weighted by atomic mass is 9.97. The van der Waals surface area contributed by atoms with Gasteiger partial charge < -0.3 is 0 Å². The molecule has 1 aromatic carbocycles. The Balaban J connectivity index is 2.85. The number of hydrogen-bond donors (Lipinski definition) is 1. The van der Waals surface area contributed by atoms with Crippen LogP contribution in [0.1, 0.15) is 30.8 Å². The first-order valence-corrected chi connectivity index (χ1v) is 10.2. The van der Waals surface area contributed by atoms with Crippen LogP contribution < -0.4 is 5.14 Å². The van der Waals surface area contributed by atoms with Gasteiger partial charge in [0.2, 0.25) is 10.0 Å². The van der Waals surface area contributed by atoms with Crippen molar-refractivity contribution in [2.45, 2.75) is 33.5 Å². The minimum atomic E-state index is -4.64. The summed E-state index contributed by atoms with van der Waals surface area (Å²) in [5.41, 5.74) is 0.569. The number of alkyl halides is 3. The number of primary sulfonamides is 1. The lowest BCUT2D eigenvalue weighted by Crippen LogP contribution is -2.14. The molecule has 0 atom stereocenters. The van der Waals surface area contributed by atoms with Gasteiger partial charge in [0.15, 0.2) is 5.69 Å². The highest BCUT2D eigenvalue weighted by molar-refractivity contribution is 7.93. The summed E-state index contributed by atoms with van der Waals surface area (Å²) in [5.74, 6) is 0. The van der Waals surface area contributed by atoms with Crippen LogP contribution in [0.15, 0.2) is 54.0 Å². The van der Waals surface area contributed by atoms with Crippen LogP contribution in [-0.4, -0.2) is 18.2 Å². The fourth-order valence-corrected chi connectivity index (χ4v) is 2.98. The number of hydrogen-bond acceptors (Lipinski definition) is 3. The molecule has 0 amide bonds. The van der Waals surface area contributed by atoms with E-state index in [0.29, 0.717) is 5.56 Å². The van der Waals surface area contributed by atoms with E-state index in [0.717, 1.165) is 10.2 Å². The van der Waals surface area contributed by atoms with Crippen molar-refractivity contribution in [3.8, 4) is 11.1 Å². The van der Waals surface area contributed by atoms with Crippen LogP contribution in [0.5, 0.6) is 0 Å². The molecule has 0 aliphatic heterocycles. The topological polar surface area (TPSA) is 78.0 Å². The third-order valence-electron chi connectivity index (χ3n) is 4.30. The lowest BCUT2D eigenvalue weighted by molar-refractivity contribution is -0.143. The number of halogens is 3. The Bertz CT molecular complexity index is 1080. The standard InChI is InChI=1S/C20H22F3N3O2S/c1-5-15(12-9-14(4)29(24,27)28)18-17(16-10-7-13(3)8-11-16)19(20(21,22)23)26(6-2)25-18/h5,7-12H,1,6H2,2-4H3,(H2,24,27,28)/b14-9+,15-12+. The summed E-state index contributed by atoms with van der Waals surface area (Å²) in [5, 5.41) is 9.22. The molecular formula is C20H22F3N3O2S. The smallest absolute Gasteiger partial charge is 0.260 e. The molecule has 0 aliphatic carbocycles. The molecule has 2 aromatic rings. The molecule has 2 N–H and O–H groups in total. The Morgan fingerprint density at radius 3 is 2.28 bits per heavy atom. The van der Waals surface area contributed by atoms with Gasteiger partial charge in [0.1, 0.15) is 5.69 Å². The molecule has 2 rings (SSSR count). The molecule has 0 saturated carbocycles. The second-order valence-electron chi connectivity index (χ2n) is 6.40. The SMILES string of the molecule is C=C/C(=C\C=C(/C)S(N)(=O)=O)c1nn(CC)c(C(F)(F)F)c1-c1ccc(C)cc1. The van der Waals surface area contributed by atoms with E-state index in [1.54, 1.807) is 31.2 Å². The largest absolute Gasteiger partial charge is 0.433 e. The van der Waals surface area contributed by atoms with E-state index in [1.807, 2.05) is 6.92 Å². The van der Waals surface area contributed by atoms with Gasteiger partial charge in [0.25, 0.3) is 0 Å². The van der Waals surface area contributed by atoms with Crippen LogP contribution in [0.2, 0.25) is 0 Å². The monoisotopic (exact) mass is 425 g/mol. The number of nitrogens with two attached hydrogens (primary N) is 1. The molecule has 156 valence electrons. The summed E-state index contributed by atoms with van der Waals surface area (Å²) in [6.45, 7) is 8.34. The van der Waals surface area contributed by atoms with Crippen molar-refractivity contribution in [3.63, 3.8) is 0 Å². The fourth-order valence-electron chi connectivity index (χ4n) is 2.72. The number of rotatable bonds is 6. The minimum Gasteiger partial charge on any atom is -0.260 e. The van der Waals surface area contributed by atoms with Gasteiger partial charge in [0, 0.05) is 17.7 Å². The number of aromatic nitrogens is 2. The molecule has 0 radical (unpaired) electrons. The van der Waals surface area contributed by atoms with E-state index in [1.165, 1.54) is 25.2 Å². The maximum absolute atomic E-state index is 13.9. The van der Waals surface area contributed by atoms with E-state index in [4.69, 9.17) is 5.14 Å². The van der Waals surface area contributed by atoms with E-state index in [2.05, 4.69) is 11.7 Å². The average molecular weight is 425 g/mol. The zero-order valence-corrected chi connectivity index (χ0v) is 17.1. The van der Waals surface area contributed by atoms with E-state index < -0.39 is 21.9 Å². The molecule has 0 bridgehead atoms. The Morgan fingerprint density at radius 1 is 1.24 bits per heavy atom. The summed E-state index contributed by atoms with van der Waals surface area (Å²) in [6.07, 6.45) is -0.760. The molecule has 5 nitrogen and oxygen atoms in total. The van der Waals surface area contributed by atoms with Crippen LogP contribution in [0.4, 0.5) is 13.2 Å². The molecule has 29 heavy (non-hydrogen) atoms. The first kappa shape index (κ1) is 22.6. The van der Waals surface area contributed by atoms with Gasteiger partial charge in [0.05, 0.1) is 4.91 Å². The van der Waals surface area contributed by atoms with Crippen LogP contribution >= 0.6 is 0 Å². The second-order valence-corrected chi connectivity index (χ2v) is 8.13. The van der Waals surface area contributed by atoms with Crippen molar-refractivity contribution in [1.29, 1.82) is 0 Å². The normalized spacial score (nSPS) is 13.6. The maximum atomic E-state index is 13.9. The average Bonchev–Trinajstić information content (AvgIpc) is 3.02. The van der Waals surface area contributed by atoms with Crippen LogP contribution in [-0.2, 0) is 22.7 Å². The third kappa shape index (κ3) is 5.04. The summed E-state index contributed by atoms with van der Waals surface area (Å²) >= 11 is 0. The van der Waals surface area contributed by atoms with E-state index in [9.17, 15) is 21.6 Å². The van der Waals surface area contributed by atoms with Crippen LogP contribution in [0.25, 0.3) is 16.7 Å². The number of aryl methyl sites for hydroxylation is 2. The van der Waals surface area contributed by atoms with Gasteiger partial charge >= 0.3 is 6.18 Å². The zero-order valence-electron chi connectivity index (χ0n) is 16.3. The van der Waals surface area contributed by atoms with Gasteiger partial charge in [-0.25, -0.2) is 13.6 Å². The summed E-state index contributed by atoms with van der Waals surface area (Å²) in [4.78, 5) is -0.139. The Labute approximate surface area is 168 Å². The molecule has 0 spiro atoms. The number of allylic oxidation sites excluding steroid dienone is 5. The Hall–Kier alpha value is -2.65. The molecule has 1 heterocycles. The van der Waals surface area contributed by atoms with Crippen LogP contribution in [0.3, 0.4) is 0 Å². The lowest BCUT2D eigenvalue weighted by Gasteiger charge is -2.12. The van der Waals surface area contributed by atoms with Crippen molar-refractivity contribution in [1.82, 2.24) is 9.78 Å². The number of sulfonamides is 1. The molecule has 1 aromatic heterocycles. The quantitative estimate of drug-likeness (QED) is 0.684. The van der Waals surface area contributed by atoms with Gasteiger partial charge in [-0.3, -0.25) is 4.68 Å². The highest BCUT2D eigenvalue weighted by Crippen LogP contribution is 2.41. The van der Waals surface area contributed by atoms with Crippen molar-refractivity contribution in [3.05, 3.63) is 70.9 Å². The third-order valence-corrected chi connectivity index (χ3v) is 5.33. The van der Waals surface area contributed by atoms with Gasteiger partial charge in [-0.1, -0.05) is 48.6 Å². The minimum absolute atomic E-state index is 0.00414. The first-order chi connectivity index (χ1) is 13.4. The fraction of sp³-hybridized carbons (Fsp3) is 0.250. The first-order valence-electron chi connectivity index (χ1n) is 8.69. The molecule has 0 saturated heterocycles. The molecule has 0 fully saturated rings. The predicted molar refractivity (Wildman–Crippen MR) is 108 cm³/mol. The van der Waals surface area contributed by atoms with Crippen molar-refractivity contribution in [2.24, 2.45) is 5.14 Å². The maximum Gasteiger partial charge on any atom is 0.433 e. The van der Waals surface area contributed by atoms with E-state index >= 15 is 0 Å². The van der Waals surface area contributed by atoms with Crippen molar-refractivity contribution in [2.75, 3.05) is 0 Å². The van der Waals surface area contributed by atoms with Crippen LogP contribution in [0, 0.1) is 6.92 Å². The Kier molecular flexibility index (Phi) is 6.54. The summed E-state index contributed by atoms with van der Waals surface area (Å²) < 4.78 is 65.4. The highest BCUT2D eigenvalue weighted by Gasteiger charge is 2.40. The second kappa shape index (κ2) is 8.38. The van der Waals surface area contributed by atoms with Gasteiger partial charge in [-0.15, -0.1) is 0 Å². The van der Waals surface area contributed by atoms with Gasteiger partial charge in [-0.05, 0) is 32.4 Å². The Morgan fingerprint density at radius 2 is 1.83 bits per heavy atom. The van der Waals surface area contributed by atoms with Crippen molar-refractivity contribution < 1.29 is 21.6 Å². The van der Waals surface area contributed by atoms with E-state index in [-0.39, 0.29) is 28.3 Å². The highest BCUT2D eigenvalue weighted by atomic mass is 32.2. The summed E-state index contributed by atoms with van der Waals surface area (Å²) in [7, 11) is -3.91. The van der Waals surface area contributed by atoms with Crippen molar-refractivity contribution >= 4 is 15.6 Å². The molecule has 9 heteroatoms. The number of nitrogens with zero attached hydrogens (tertiary/aromatic N) is 2.